The van der Waals surface area contributed by atoms with Crippen LogP contribution in [0.2, 0.25) is 0 Å². The molecule has 0 saturated carbocycles. The van der Waals surface area contributed by atoms with Crippen molar-refractivity contribution < 1.29 is 0 Å². The average Bonchev–Trinajstić information content (AvgIpc) is 2.26. The van der Waals surface area contributed by atoms with Crippen LogP contribution < -0.4 is 5.84 Å². The lowest BCUT2D eigenvalue weighted by Gasteiger charge is -1.85. The molecule has 0 amide bonds. The van der Waals surface area contributed by atoms with E-state index in [1.807, 2.05) is 58.0 Å². The number of nitrogens with zero attached hydrogens (tertiary/aromatic N) is 1. The number of benzene rings is 1. The predicted octanol–water partition coefficient (Wildman–Crippen LogP) is 3.03. The van der Waals surface area contributed by atoms with Crippen molar-refractivity contribution in [1.82, 2.24) is 0 Å². The molecule has 1 aromatic rings. The molecule has 0 aliphatic heterocycles. The van der Waals surface area contributed by atoms with E-state index in [1.54, 1.807) is 6.21 Å². The Bertz CT molecular complexity index is 193. The van der Waals surface area contributed by atoms with Crippen LogP contribution in [-0.2, 0) is 0 Å². The van der Waals surface area contributed by atoms with Gasteiger partial charge in [-0.25, -0.2) is 0 Å². The van der Waals surface area contributed by atoms with Crippen molar-refractivity contribution in [1.29, 1.82) is 0 Å². The lowest BCUT2D eigenvalue weighted by molar-refractivity contribution is 1.26. The fraction of sp³-hybridized carbons (Fsp3) is 0.364. The highest BCUT2D eigenvalue weighted by atomic mass is 15.1. The number of hydrazone groups is 1. The van der Waals surface area contributed by atoms with E-state index < -0.39 is 0 Å². The van der Waals surface area contributed by atoms with Gasteiger partial charge in [-0.3, -0.25) is 0 Å². The molecule has 2 nitrogen and oxygen atoms in total. The summed E-state index contributed by atoms with van der Waals surface area (Å²) in [6.07, 6.45) is 1.61. The summed E-state index contributed by atoms with van der Waals surface area (Å²) in [6, 6.07) is 9.72. The largest absolute Gasteiger partial charge is 0.323 e. The third kappa shape index (κ3) is 8.60. The number of hydrogen-bond acceptors (Lipinski definition) is 2. The van der Waals surface area contributed by atoms with Crippen molar-refractivity contribution in [3.8, 4) is 0 Å². The SMILES string of the molecule is CC.CC.N/N=C\c1ccccc1. The van der Waals surface area contributed by atoms with E-state index in [9.17, 15) is 0 Å². The molecular formula is C11H20N2. The summed E-state index contributed by atoms with van der Waals surface area (Å²) < 4.78 is 0. The van der Waals surface area contributed by atoms with Crippen LogP contribution in [0, 0.1) is 0 Å². The van der Waals surface area contributed by atoms with Gasteiger partial charge >= 0.3 is 0 Å². The average molecular weight is 180 g/mol. The molecule has 2 heteroatoms. The van der Waals surface area contributed by atoms with Gasteiger partial charge in [0.05, 0.1) is 6.21 Å². The van der Waals surface area contributed by atoms with E-state index in [2.05, 4.69) is 5.10 Å². The molecule has 0 aromatic heterocycles. The van der Waals surface area contributed by atoms with Crippen LogP contribution in [0.5, 0.6) is 0 Å². The molecule has 0 unspecified atom stereocenters. The molecule has 1 rings (SSSR count). The predicted molar refractivity (Wildman–Crippen MR) is 60.9 cm³/mol. The summed E-state index contributed by atoms with van der Waals surface area (Å²) in [6.45, 7) is 8.00. The Morgan fingerprint density at radius 2 is 1.46 bits per heavy atom. The van der Waals surface area contributed by atoms with Crippen LogP contribution >= 0.6 is 0 Å². The molecule has 0 heterocycles. The van der Waals surface area contributed by atoms with Crippen LogP contribution in [0.1, 0.15) is 33.3 Å². The maximum absolute atomic E-state index is 4.93. The van der Waals surface area contributed by atoms with Crippen molar-refractivity contribution >= 4 is 6.21 Å². The Hall–Kier alpha value is -1.31. The third-order valence-electron chi connectivity index (χ3n) is 1.02. The van der Waals surface area contributed by atoms with E-state index in [-0.39, 0.29) is 0 Å². The van der Waals surface area contributed by atoms with E-state index >= 15 is 0 Å². The van der Waals surface area contributed by atoms with E-state index in [1.165, 1.54) is 0 Å². The zero-order valence-electron chi connectivity index (χ0n) is 8.99. The van der Waals surface area contributed by atoms with Gasteiger partial charge in [-0.05, 0) is 5.56 Å². The second kappa shape index (κ2) is 13.3. The first-order chi connectivity index (χ1) is 6.43. The van der Waals surface area contributed by atoms with E-state index in [4.69, 9.17) is 5.84 Å². The summed E-state index contributed by atoms with van der Waals surface area (Å²) in [4.78, 5) is 0. The van der Waals surface area contributed by atoms with Crippen LogP contribution in [0.4, 0.5) is 0 Å². The van der Waals surface area contributed by atoms with Gasteiger partial charge in [0.1, 0.15) is 0 Å². The molecule has 13 heavy (non-hydrogen) atoms. The zero-order valence-corrected chi connectivity index (χ0v) is 8.99. The molecule has 0 spiro atoms. The number of rotatable bonds is 1. The maximum atomic E-state index is 4.93. The number of hydrogen-bond donors (Lipinski definition) is 1. The smallest absolute Gasteiger partial charge is 0.0538 e. The van der Waals surface area contributed by atoms with Crippen molar-refractivity contribution in [2.45, 2.75) is 27.7 Å². The molecule has 0 bridgehead atoms. The third-order valence-corrected chi connectivity index (χ3v) is 1.02. The van der Waals surface area contributed by atoms with Gasteiger partial charge in [0.25, 0.3) is 0 Å². The monoisotopic (exact) mass is 180 g/mol. The minimum absolute atomic E-state index is 1.03. The highest BCUT2D eigenvalue weighted by Crippen LogP contribution is 1.92. The highest BCUT2D eigenvalue weighted by molar-refractivity contribution is 5.78. The van der Waals surface area contributed by atoms with Gasteiger partial charge in [-0.2, -0.15) is 5.10 Å². The van der Waals surface area contributed by atoms with Crippen molar-refractivity contribution in [3.05, 3.63) is 35.9 Å². The van der Waals surface area contributed by atoms with Crippen LogP contribution in [0.15, 0.2) is 35.4 Å². The molecule has 0 fully saturated rings. The molecule has 2 N–H and O–H groups in total. The van der Waals surface area contributed by atoms with Gasteiger partial charge in [-0.1, -0.05) is 58.0 Å². The lowest BCUT2D eigenvalue weighted by Crippen LogP contribution is -1.83. The fourth-order valence-electron chi connectivity index (χ4n) is 0.625. The molecule has 0 saturated heterocycles. The van der Waals surface area contributed by atoms with Crippen molar-refractivity contribution in [3.63, 3.8) is 0 Å². The second-order valence-corrected chi connectivity index (χ2v) is 1.69. The Morgan fingerprint density at radius 3 is 1.85 bits per heavy atom. The van der Waals surface area contributed by atoms with Crippen molar-refractivity contribution in [2.75, 3.05) is 0 Å². The highest BCUT2D eigenvalue weighted by Gasteiger charge is 1.79. The number of nitrogens with two attached hydrogens (primary N) is 1. The van der Waals surface area contributed by atoms with Gasteiger partial charge in [0.15, 0.2) is 0 Å². The zero-order chi connectivity index (χ0) is 10.5. The first-order valence-electron chi connectivity index (χ1n) is 4.72. The second-order valence-electron chi connectivity index (χ2n) is 1.69. The summed E-state index contributed by atoms with van der Waals surface area (Å²) in [5.74, 6) is 4.93. The van der Waals surface area contributed by atoms with Crippen LogP contribution in [-0.4, -0.2) is 6.21 Å². The molecule has 0 radical (unpaired) electrons. The van der Waals surface area contributed by atoms with Gasteiger partial charge in [0, 0.05) is 0 Å². The topological polar surface area (TPSA) is 38.4 Å². The summed E-state index contributed by atoms with van der Waals surface area (Å²) >= 11 is 0. The lowest BCUT2D eigenvalue weighted by atomic mass is 10.2. The Labute approximate surface area is 81.5 Å². The summed E-state index contributed by atoms with van der Waals surface area (Å²) in [7, 11) is 0. The normalized spacial score (nSPS) is 8.00. The Balaban J connectivity index is 0. The van der Waals surface area contributed by atoms with Gasteiger partial charge < -0.3 is 5.84 Å². The molecule has 0 aliphatic rings. The Morgan fingerprint density at radius 1 is 1.00 bits per heavy atom. The maximum Gasteiger partial charge on any atom is 0.0538 e. The minimum Gasteiger partial charge on any atom is -0.323 e. The molecular weight excluding hydrogens is 160 g/mol. The van der Waals surface area contributed by atoms with E-state index in [0.29, 0.717) is 0 Å². The van der Waals surface area contributed by atoms with Crippen molar-refractivity contribution in [2.24, 2.45) is 10.9 Å². The summed E-state index contributed by atoms with van der Waals surface area (Å²) in [5, 5.41) is 3.38. The minimum atomic E-state index is 1.03. The van der Waals surface area contributed by atoms with E-state index in [0.717, 1.165) is 5.56 Å². The van der Waals surface area contributed by atoms with Crippen LogP contribution in [0.3, 0.4) is 0 Å². The standard InChI is InChI=1S/C7H8N2.2C2H6/c8-9-6-7-4-2-1-3-5-7;2*1-2/h1-6H,8H2;2*1-2H3/b9-6-;;. The molecule has 0 atom stereocenters. The molecule has 74 valence electrons. The van der Waals surface area contributed by atoms with Gasteiger partial charge in [-0.15, -0.1) is 0 Å². The molecule has 1 aromatic carbocycles. The first-order valence-corrected chi connectivity index (χ1v) is 4.72. The summed E-state index contributed by atoms with van der Waals surface area (Å²) in [5.41, 5.74) is 1.03. The van der Waals surface area contributed by atoms with Crippen LogP contribution in [0.25, 0.3) is 0 Å². The van der Waals surface area contributed by atoms with Gasteiger partial charge in [0.2, 0.25) is 0 Å². The quantitative estimate of drug-likeness (QED) is 0.402. The first kappa shape index (κ1) is 14.2. The fourth-order valence-corrected chi connectivity index (χ4v) is 0.625. The Kier molecular flexibility index (Phi) is 14.5. The molecule has 0 aliphatic carbocycles.